The lowest BCUT2D eigenvalue weighted by molar-refractivity contribution is 0.0520. The molecule has 0 spiro atoms. The van der Waals surface area contributed by atoms with Gasteiger partial charge in [-0.05, 0) is 32.0 Å². The van der Waals surface area contributed by atoms with Gasteiger partial charge in [-0.15, -0.1) is 0 Å². The number of rotatable bonds is 5. The molecular weight excluding hydrogens is 372 g/mol. The molecule has 7 heteroatoms. The van der Waals surface area contributed by atoms with Crippen LogP contribution in [0.1, 0.15) is 24.3 Å². The number of benzene rings is 1. The zero-order valence-corrected chi connectivity index (χ0v) is 15.0. The van der Waals surface area contributed by atoms with Gasteiger partial charge in [0.05, 0.1) is 18.5 Å². The van der Waals surface area contributed by atoms with Crippen molar-refractivity contribution in [2.24, 2.45) is 0 Å². The average molecular weight is 389 g/mol. The maximum atomic E-state index is 12.3. The summed E-state index contributed by atoms with van der Waals surface area (Å²) in [5.74, 6) is -0.439. The first kappa shape index (κ1) is 16.4. The molecule has 0 aliphatic heterocycles. The molecule has 0 amide bonds. The molecule has 0 unspecified atom stereocenters. The van der Waals surface area contributed by atoms with Gasteiger partial charge in [-0.25, -0.2) is 9.48 Å². The molecule has 0 aliphatic carbocycles. The molecule has 0 saturated heterocycles. The molecule has 0 saturated carbocycles. The Morgan fingerprint density at radius 3 is 2.79 bits per heavy atom. The van der Waals surface area contributed by atoms with E-state index in [0.717, 1.165) is 22.3 Å². The van der Waals surface area contributed by atoms with Crippen LogP contribution in [0.2, 0.25) is 0 Å². The summed E-state index contributed by atoms with van der Waals surface area (Å²) in [7, 11) is 0. The second kappa shape index (κ2) is 7.00. The van der Waals surface area contributed by atoms with E-state index in [2.05, 4.69) is 26.1 Å². The van der Waals surface area contributed by atoms with E-state index in [1.807, 2.05) is 43.6 Å². The first-order valence-electron chi connectivity index (χ1n) is 7.68. The van der Waals surface area contributed by atoms with Crippen molar-refractivity contribution in [1.29, 1.82) is 0 Å². The standard InChI is InChI=1S/C17H17BrN4O2/c1-3-21-10-12(9-19-21)15-11-22(14-7-5-6-13(18)8-14)20-16(15)17(23)24-4-2/h5-11H,3-4H2,1-2H3. The molecule has 0 bridgehead atoms. The minimum atomic E-state index is -0.439. The van der Waals surface area contributed by atoms with E-state index in [1.165, 1.54) is 0 Å². The van der Waals surface area contributed by atoms with Crippen molar-refractivity contribution in [2.45, 2.75) is 20.4 Å². The minimum absolute atomic E-state index is 0.285. The van der Waals surface area contributed by atoms with Crippen LogP contribution < -0.4 is 0 Å². The van der Waals surface area contributed by atoms with Crippen LogP contribution in [-0.2, 0) is 11.3 Å². The zero-order chi connectivity index (χ0) is 17.1. The summed E-state index contributed by atoms with van der Waals surface area (Å²) in [6.07, 6.45) is 5.45. The third-order valence-corrected chi connectivity index (χ3v) is 4.02. The Morgan fingerprint density at radius 2 is 2.12 bits per heavy atom. The van der Waals surface area contributed by atoms with Crippen molar-refractivity contribution in [2.75, 3.05) is 6.61 Å². The van der Waals surface area contributed by atoms with Crippen molar-refractivity contribution in [3.63, 3.8) is 0 Å². The van der Waals surface area contributed by atoms with Crippen molar-refractivity contribution >= 4 is 21.9 Å². The van der Waals surface area contributed by atoms with Crippen molar-refractivity contribution in [3.8, 4) is 16.8 Å². The van der Waals surface area contributed by atoms with Crippen LogP contribution in [0.4, 0.5) is 0 Å². The van der Waals surface area contributed by atoms with Crippen LogP contribution in [0.3, 0.4) is 0 Å². The highest BCUT2D eigenvalue weighted by Crippen LogP contribution is 2.25. The normalized spacial score (nSPS) is 10.8. The number of ether oxygens (including phenoxy) is 1. The number of nitrogens with zero attached hydrogens (tertiary/aromatic N) is 4. The topological polar surface area (TPSA) is 61.9 Å². The Bertz CT molecular complexity index is 869. The van der Waals surface area contributed by atoms with E-state index in [0.29, 0.717) is 12.2 Å². The van der Waals surface area contributed by atoms with Crippen LogP contribution in [-0.4, -0.2) is 32.1 Å². The van der Waals surface area contributed by atoms with Gasteiger partial charge in [-0.2, -0.15) is 10.2 Å². The predicted molar refractivity (Wildman–Crippen MR) is 94.1 cm³/mol. The molecule has 6 nitrogen and oxygen atoms in total. The lowest BCUT2D eigenvalue weighted by Gasteiger charge is -2.01. The third kappa shape index (κ3) is 3.26. The molecule has 0 N–H and O–H groups in total. The summed E-state index contributed by atoms with van der Waals surface area (Å²) < 4.78 is 9.57. The quantitative estimate of drug-likeness (QED) is 0.625. The van der Waals surface area contributed by atoms with Gasteiger partial charge >= 0.3 is 5.97 Å². The molecule has 0 aliphatic rings. The molecule has 2 aromatic heterocycles. The Labute approximate surface area is 148 Å². The number of carbonyl (C=O) groups excluding carboxylic acids is 1. The number of aromatic nitrogens is 4. The highest BCUT2D eigenvalue weighted by molar-refractivity contribution is 9.10. The van der Waals surface area contributed by atoms with Crippen LogP contribution in [0.15, 0.2) is 47.3 Å². The third-order valence-electron chi connectivity index (χ3n) is 3.52. The second-order valence-corrected chi connectivity index (χ2v) is 6.04. The number of hydrogen-bond donors (Lipinski definition) is 0. The molecule has 0 radical (unpaired) electrons. The van der Waals surface area contributed by atoms with Crippen molar-refractivity contribution in [3.05, 3.63) is 53.0 Å². The lowest BCUT2D eigenvalue weighted by Crippen LogP contribution is -2.07. The zero-order valence-electron chi connectivity index (χ0n) is 13.4. The van der Waals surface area contributed by atoms with Crippen LogP contribution in [0.25, 0.3) is 16.8 Å². The number of esters is 1. The van der Waals surface area contributed by atoms with Gasteiger partial charge in [0.25, 0.3) is 0 Å². The largest absolute Gasteiger partial charge is 0.461 e. The Morgan fingerprint density at radius 1 is 1.29 bits per heavy atom. The van der Waals surface area contributed by atoms with Crippen molar-refractivity contribution in [1.82, 2.24) is 19.6 Å². The van der Waals surface area contributed by atoms with E-state index in [1.54, 1.807) is 22.5 Å². The van der Waals surface area contributed by atoms with E-state index < -0.39 is 5.97 Å². The molecule has 2 heterocycles. The monoisotopic (exact) mass is 388 g/mol. The summed E-state index contributed by atoms with van der Waals surface area (Å²) in [6.45, 7) is 4.84. The summed E-state index contributed by atoms with van der Waals surface area (Å²) in [6, 6.07) is 7.71. The van der Waals surface area contributed by atoms with Gasteiger partial charge in [0.2, 0.25) is 0 Å². The summed E-state index contributed by atoms with van der Waals surface area (Å²) in [4.78, 5) is 12.3. The number of halogens is 1. The molecule has 1 aromatic carbocycles. The summed E-state index contributed by atoms with van der Waals surface area (Å²) in [5.41, 5.74) is 2.67. The fourth-order valence-electron chi connectivity index (χ4n) is 2.36. The van der Waals surface area contributed by atoms with E-state index in [-0.39, 0.29) is 5.69 Å². The van der Waals surface area contributed by atoms with E-state index in [9.17, 15) is 4.79 Å². The van der Waals surface area contributed by atoms with Crippen LogP contribution in [0.5, 0.6) is 0 Å². The average Bonchev–Trinajstić information content (AvgIpc) is 3.21. The fraction of sp³-hybridized carbons (Fsp3) is 0.235. The van der Waals surface area contributed by atoms with E-state index >= 15 is 0 Å². The molecule has 3 rings (SSSR count). The van der Waals surface area contributed by atoms with Gasteiger partial charge < -0.3 is 4.74 Å². The maximum Gasteiger partial charge on any atom is 0.359 e. The highest BCUT2D eigenvalue weighted by Gasteiger charge is 2.21. The van der Waals surface area contributed by atoms with Gasteiger partial charge in [-0.3, -0.25) is 4.68 Å². The summed E-state index contributed by atoms with van der Waals surface area (Å²) >= 11 is 3.45. The Kier molecular flexibility index (Phi) is 4.80. The highest BCUT2D eigenvalue weighted by atomic mass is 79.9. The number of carbonyl (C=O) groups is 1. The smallest absolute Gasteiger partial charge is 0.359 e. The minimum Gasteiger partial charge on any atom is -0.461 e. The van der Waals surface area contributed by atoms with Crippen molar-refractivity contribution < 1.29 is 9.53 Å². The molecular formula is C17H17BrN4O2. The van der Waals surface area contributed by atoms with Gasteiger partial charge in [0.15, 0.2) is 5.69 Å². The maximum absolute atomic E-state index is 12.3. The molecule has 0 fully saturated rings. The van der Waals surface area contributed by atoms with Gasteiger partial charge in [0, 0.05) is 34.5 Å². The first-order valence-corrected chi connectivity index (χ1v) is 8.47. The second-order valence-electron chi connectivity index (χ2n) is 5.12. The SMILES string of the molecule is CCOC(=O)c1nn(-c2cccc(Br)c2)cc1-c1cnn(CC)c1. The Hall–Kier alpha value is -2.41. The first-order chi connectivity index (χ1) is 11.6. The predicted octanol–water partition coefficient (Wildman–Crippen LogP) is 3.69. The molecule has 3 aromatic rings. The van der Waals surface area contributed by atoms with Crippen LogP contribution in [0, 0.1) is 0 Å². The molecule has 0 atom stereocenters. The van der Waals surface area contributed by atoms with E-state index in [4.69, 9.17) is 4.74 Å². The van der Waals surface area contributed by atoms with Gasteiger partial charge in [0.1, 0.15) is 0 Å². The van der Waals surface area contributed by atoms with Gasteiger partial charge in [-0.1, -0.05) is 22.0 Å². The molecule has 124 valence electrons. The lowest BCUT2D eigenvalue weighted by atomic mass is 10.1. The summed E-state index contributed by atoms with van der Waals surface area (Å²) in [5, 5.41) is 8.71. The fourth-order valence-corrected chi connectivity index (χ4v) is 2.75. The Balaban J connectivity index is 2.10. The number of aryl methyl sites for hydroxylation is 1. The van der Waals surface area contributed by atoms with Crippen LogP contribution >= 0.6 is 15.9 Å². The molecule has 24 heavy (non-hydrogen) atoms. The number of hydrogen-bond acceptors (Lipinski definition) is 4.